The van der Waals surface area contributed by atoms with Gasteiger partial charge in [0.1, 0.15) is 5.69 Å². The highest BCUT2D eigenvalue weighted by atomic mass is 16.1. The first-order valence-electron chi connectivity index (χ1n) is 6.96. The van der Waals surface area contributed by atoms with Gasteiger partial charge in [0.05, 0.1) is 0 Å². The van der Waals surface area contributed by atoms with E-state index in [9.17, 15) is 4.79 Å². The molecule has 1 aliphatic rings. The number of fused-ring (bicyclic) bond motifs is 1. The van der Waals surface area contributed by atoms with Crippen molar-refractivity contribution < 1.29 is 4.79 Å². The highest BCUT2D eigenvalue weighted by Gasteiger charge is 2.20. The summed E-state index contributed by atoms with van der Waals surface area (Å²) < 4.78 is 1.83. The maximum atomic E-state index is 12.1. The van der Waals surface area contributed by atoms with E-state index < -0.39 is 0 Å². The topological polar surface area (TPSA) is 46.1 Å². The number of aryl methyl sites for hydroxylation is 1. The third kappa shape index (κ3) is 2.47. The summed E-state index contributed by atoms with van der Waals surface area (Å²) in [6.07, 6.45) is 2.93. The molecule has 104 valence electrons. The molecule has 0 saturated heterocycles. The summed E-state index contributed by atoms with van der Waals surface area (Å²) in [5.41, 5.74) is 3.37. The van der Waals surface area contributed by atoms with Crippen LogP contribution in [0.5, 0.6) is 0 Å². The molecule has 0 radical (unpaired) electrons. The Kier molecular flexibility index (Phi) is 3.56. The van der Waals surface area contributed by atoms with Gasteiger partial charge in [0, 0.05) is 25.8 Å². The fraction of sp³-hybridized carbons (Fsp3) is 0.312. The lowest BCUT2D eigenvalue weighted by atomic mass is 9.94. The van der Waals surface area contributed by atoms with E-state index in [-0.39, 0.29) is 11.9 Å². The van der Waals surface area contributed by atoms with Gasteiger partial charge in [-0.25, -0.2) is 0 Å². The van der Waals surface area contributed by atoms with E-state index in [1.807, 2.05) is 29.9 Å². The predicted octanol–water partition coefficient (Wildman–Crippen LogP) is 1.64. The number of amides is 1. The lowest BCUT2D eigenvalue weighted by molar-refractivity contribution is 0.0941. The molecule has 0 aliphatic carbocycles. The molecule has 1 aromatic heterocycles. The second-order valence-corrected chi connectivity index (χ2v) is 5.17. The zero-order valence-corrected chi connectivity index (χ0v) is 11.6. The molecular weight excluding hydrogens is 250 g/mol. The minimum atomic E-state index is -0.0256. The van der Waals surface area contributed by atoms with Crippen LogP contribution < -0.4 is 10.6 Å². The summed E-state index contributed by atoms with van der Waals surface area (Å²) in [5, 5.41) is 6.48. The van der Waals surface area contributed by atoms with Crippen molar-refractivity contribution in [1.82, 2.24) is 15.2 Å². The van der Waals surface area contributed by atoms with E-state index in [4.69, 9.17) is 0 Å². The molecule has 2 heterocycles. The van der Waals surface area contributed by atoms with Gasteiger partial charge < -0.3 is 15.2 Å². The smallest absolute Gasteiger partial charge is 0.267 e. The number of nitrogens with one attached hydrogen (secondary N) is 2. The van der Waals surface area contributed by atoms with Crippen LogP contribution in [0, 0.1) is 0 Å². The highest BCUT2D eigenvalue weighted by molar-refractivity contribution is 5.92. The number of nitrogens with zero attached hydrogens (tertiary/aromatic N) is 1. The zero-order chi connectivity index (χ0) is 13.9. The average Bonchev–Trinajstić information content (AvgIpc) is 2.91. The SMILES string of the molecule is Cn1cccc1C(=O)NCC1NCCc2ccccc21. The van der Waals surface area contributed by atoms with Crippen molar-refractivity contribution >= 4 is 5.91 Å². The largest absolute Gasteiger partial charge is 0.349 e. The Morgan fingerprint density at radius 3 is 3.00 bits per heavy atom. The van der Waals surface area contributed by atoms with Crippen molar-refractivity contribution in [3.63, 3.8) is 0 Å². The highest BCUT2D eigenvalue weighted by Crippen LogP contribution is 2.21. The first-order valence-corrected chi connectivity index (χ1v) is 6.96. The van der Waals surface area contributed by atoms with Crippen LogP contribution in [0.4, 0.5) is 0 Å². The summed E-state index contributed by atoms with van der Waals surface area (Å²) in [7, 11) is 1.88. The van der Waals surface area contributed by atoms with Crippen molar-refractivity contribution in [2.45, 2.75) is 12.5 Å². The first kappa shape index (κ1) is 12.9. The summed E-state index contributed by atoms with van der Waals surface area (Å²) in [5.74, 6) is -0.0256. The van der Waals surface area contributed by atoms with E-state index >= 15 is 0 Å². The molecule has 0 spiro atoms. The van der Waals surface area contributed by atoms with Gasteiger partial charge in [-0.2, -0.15) is 0 Å². The van der Waals surface area contributed by atoms with Crippen LogP contribution in [-0.2, 0) is 13.5 Å². The molecular formula is C16H19N3O. The number of hydrogen-bond donors (Lipinski definition) is 2. The first-order chi connectivity index (χ1) is 9.75. The van der Waals surface area contributed by atoms with E-state index in [2.05, 4.69) is 34.9 Å². The number of carbonyl (C=O) groups excluding carboxylic acids is 1. The van der Waals surface area contributed by atoms with Crippen molar-refractivity contribution in [2.75, 3.05) is 13.1 Å². The van der Waals surface area contributed by atoms with Gasteiger partial charge in [0.25, 0.3) is 5.91 Å². The van der Waals surface area contributed by atoms with Crippen LogP contribution >= 0.6 is 0 Å². The molecule has 1 amide bonds. The molecule has 0 saturated carbocycles. The Balaban J connectivity index is 1.68. The fourth-order valence-corrected chi connectivity index (χ4v) is 2.76. The second kappa shape index (κ2) is 5.51. The minimum absolute atomic E-state index is 0.0256. The quantitative estimate of drug-likeness (QED) is 0.890. The van der Waals surface area contributed by atoms with Crippen LogP contribution in [0.25, 0.3) is 0 Å². The summed E-state index contributed by atoms with van der Waals surface area (Å²) in [6.45, 7) is 1.57. The Hall–Kier alpha value is -2.07. The minimum Gasteiger partial charge on any atom is -0.349 e. The van der Waals surface area contributed by atoms with E-state index in [0.29, 0.717) is 12.2 Å². The summed E-state index contributed by atoms with van der Waals surface area (Å²) >= 11 is 0. The van der Waals surface area contributed by atoms with Gasteiger partial charge in [-0.3, -0.25) is 4.79 Å². The maximum absolute atomic E-state index is 12.1. The average molecular weight is 269 g/mol. The molecule has 1 unspecified atom stereocenters. The molecule has 0 fully saturated rings. The van der Waals surface area contributed by atoms with Gasteiger partial charge in [-0.05, 0) is 36.2 Å². The van der Waals surface area contributed by atoms with E-state index in [0.717, 1.165) is 13.0 Å². The summed E-state index contributed by atoms with van der Waals surface area (Å²) in [4.78, 5) is 12.1. The third-order valence-electron chi connectivity index (χ3n) is 3.86. The number of aromatic nitrogens is 1. The molecule has 0 bridgehead atoms. The van der Waals surface area contributed by atoms with Gasteiger partial charge in [-0.1, -0.05) is 24.3 Å². The lowest BCUT2D eigenvalue weighted by Gasteiger charge is -2.27. The molecule has 3 rings (SSSR count). The van der Waals surface area contributed by atoms with Crippen LogP contribution in [0.3, 0.4) is 0 Å². The van der Waals surface area contributed by atoms with Crippen LogP contribution in [0.1, 0.15) is 27.7 Å². The zero-order valence-electron chi connectivity index (χ0n) is 11.6. The normalized spacial score (nSPS) is 17.6. The molecule has 1 aliphatic heterocycles. The van der Waals surface area contributed by atoms with Gasteiger partial charge in [0.15, 0.2) is 0 Å². The molecule has 4 heteroatoms. The molecule has 20 heavy (non-hydrogen) atoms. The van der Waals surface area contributed by atoms with Gasteiger partial charge in [0.2, 0.25) is 0 Å². The Labute approximate surface area is 118 Å². The second-order valence-electron chi connectivity index (χ2n) is 5.17. The van der Waals surface area contributed by atoms with Crippen molar-refractivity contribution in [1.29, 1.82) is 0 Å². The van der Waals surface area contributed by atoms with Crippen molar-refractivity contribution in [2.24, 2.45) is 7.05 Å². The molecule has 2 aromatic rings. The van der Waals surface area contributed by atoms with E-state index in [1.54, 1.807) is 0 Å². The molecule has 2 N–H and O–H groups in total. The van der Waals surface area contributed by atoms with Crippen LogP contribution in [0.15, 0.2) is 42.6 Å². The third-order valence-corrected chi connectivity index (χ3v) is 3.86. The number of hydrogen-bond acceptors (Lipinski definition) is 2. The van der Waals surface area contributed by atoms with Crippen LogP contribution in [0.2, 0.25) is 0 Å². The fourth-order valence-electron chi connectivity index (χ4n) is 2.76. The Bertz CT molecular complexity index is 618. The van der Waals surface area contributed by atoms with Crippen molar-refractivity contribution in [3.05, 3.63) is 59.4 Å². The van der Waals surface area contributed by atoms with Gasteiger partial charge >= 0.3 is 0 Å². The maximum Gasteiger partial charge on any atom is 0.267 e. The number of carbonyl (C=O) groups is 1. The predicted molar refractivity (Wildman–Crippen MR) is 78.6 cm³/mol. The Morgan fingerprint density at radius 2 is 2.20 bits per heavy atom. The molecule has 1 aromatic carbocycles. The van der Waals surface area contributed by atoms with Crippen molar-refractivity contribution in [3.8, 4) is 0 Å². The monoisotopic (exact) mass is 269 g/mol. The number of rotatable bonds is 3. The lowest BCUT2D eigenvalue weighted by Crippen LogP contribution is -2.39. The summed E-state index contributed by atoms with van der Waals surface area (Å²) in [6, 6.07) is 12.3. The van der Waals surface area contributed by atoms with Gasteiger partial charge in [-0.15, -0.1) is 0 Å². The standard InChI is InChI=1S/C16H19N3O/c1-19-10-4-7-15(19)16(20)18-11-14-13-6-3-2-5-12(13)8-9-17-14/h2-7,10,14,17H,8-9,11H2,1H3,(H,18,20). The molecule has 4 nitrogen and oxygen atoms in total. The van der Waals surface area contributed by atoms with E-state index in [1.165, 1.54) is 11.1 Å². The molecule has 1 atom stereocenters. The number of benzene rings is 1. The van der Waals surface area contributed by atoms with Crippen LogP contribution in [-0.4, -0.2) is 23.6 Å². The Morgan fingerprint density at radius 1 is 1.35 bits per heavy atom.